The van der Waals surface area contributed by atoms with Gasteiger partial charge in [0.05, 0.1) is 23.0 Å². The van der Waals surface area contributed by atoms with Gasteiger partial charge in [0.1, 0.15) is 5.54 Å². The van der Waals surface area contributed by atoms with Gasteiger partial charge in [-0.05, 0) is 46.5 Å². The van der Waals surface area contributed by atoms with E-state index in [1.165, 1.54) is 0 Å². The zero-order valence-corrected chi connectivity index (χ0v) is 13.2. The third-order valence-corrected chi connectivity index (χ3v) is 4.44. The number of aliphatic carboxylic acids is 1. The van der Waals surface area contributed by atoms with E-state index in [9.17, 15) is 9.90 Å². The summed E-state index contributed by atoms with van der Waals surface area (Å²) in [6.45, 7) is 7.95. The molecule has 0 radical (unpaired) electrons. The zero-order valence-electron chi connectivity index (χ0n) is 12.4. The van der Waals surface area contributed by atoms with Crippen molar-refractivity contribution >= 4 is 17.6 Å². The van der Waals surface area contributed by atoms with Gasteiger partial charge in [0.25, 0.3) is 0 Å². The predicted molar refractivity (Wildman–Crippen MR) is 78.1 cm³/mol. The van der Waals surface area contributed by atoms with Crippen LogP contribution in [0.4, 0.5) is 0 Å². The molecule has 1 aliphatic carbocycles. The van der Waals surface area contributed by atoms with Crippen LogP contribution in [0, 0.1) is 19.8 Å². The lowest BCUT2D eigenvalue weighted by molar-refractivity contribution is -0.147. The van der Waals surface area contributed by atoms with Gasteiger partial charge in [-0.15, -0.1) is 0 Å². The second-order valence-corrected chi connectivity index (χ2v) is 6.37. The normalized spacial score (nSPS) is 18.3. The molecular formula is C14H22ClN3O2. The molecule has 1 atom stereocenters. The number of nitrogens with one attached hydrogen (secondary N) is 1. The molecule has 1 fully saturated rings. The van der Waals surface area contributed by atoms with Crippen LogP contribution >= 0.6 is 11.6 Å². The monoisotopic (exact) mass is 299 g/mol. The van der Waals surface area contributed by atoms with E-state index >= 15 is 0 Å². The van der Waals surface area contributed by atoms with Crippen molar-refractivity contribution in [3.8, 4) is 0 Å². The third-order valence-electron chi connectivity index (χ3n) is 3.89. The van der Waals surface area contributed by atoms with Gasteiger partial charge in [0.15, 0.2) is 0 Å². The Bertz CT molecular complexity index is 523. The average molecular weight is 300 g/mol. The lowest BCUT2D eigenvalue weighted by Crippen LogP contribution is -2.59. The molecular weight excluding hydrogens is 278 g/mol. The number of nitrogens with zero attached hydrogens (tertiary/aromatic N) is 2. The standard InChI is InChI=1S/C14H22ClN3O2/c1-8(2)16-14(13(19)20,11-5-6-11)7-18-10(4)12(15)9(3)17-18/h8,11,16H,5-7H2,1-4H3,(H,19,20). The van der Waals surface area contributed by atoms with Gasteiger partial charge in [-0.25, -0.2) is 0 Å². The van der Waals surface area contributed by atoms with Gasteiger partial charge in [-0.2, -0.15) is 5.10 Å². The van der Waals surface area contributed by atoms with Crippen molar-refractivity contribution in [1.82, 2.24) is 15.1 Å². The highest BCUT2D eigenvalue weighted by molar-refractivity contribution is 6.31. The van der Waals surface area contributed by atoms with Crippen molar-refractivity contribution in [2.45, 2.75) is 58.7 Å². The lowest BCUT2D eigenvalue weighted by Gasteiger charge is -2.33. The minimum Gasteiger partial charge on any atom is -0.480 e. The molecule has 1 unspecified atom stereocenters. The fraction of sp³-hybridized carbons (Fsp3) is 0.714. The van der Waals surface area contributed by atoms with Crippen molar-refractivity contribution in [2.75, 3.05) is 0 Å². The van der Waals surface area contributed by atoms with Crippen LogP contribution in [0.15, 0.2) is 0 Å². The average Bonchev–Trinajstić information content (AvgIpc) is 3.15. The summed E-state index contributed by atoms with van der Waals surface area (Å²) in [5, 5.41) is 18.0. The Balaban J connectivity index is 2.36. The van der Waals surface area contributed by atoms with E-state index in [4.69, 9.17) is 11.6 Å². The molecule has 2 N–H and O–H groups in total. The van der Waals surface area contributed by atoms with Crippen molar-refractivity contribution < 1.29 is 9.90 Å². The van der Waals surface area contributed by atoms with Crippen molar-refractivity contribution in [2.24, 2.45) is 5.92 Å². The highest BCUT2D eigenvalue weighted by atomic mass is 35.5. The van der Waals surface area contributed by atoms with Crippen LogP contribution in [0.3, 0.4) is 0 Å². The second-order valence-electron chi connectivity index (χ2n) is 5.99. The van der Waals surface area contributed by atoms with Gasteiger partial charge in [-0.3, -0.25) is 14.8 Å². The number of hydrogen-bond acceptors (Lipinski definition) is 3. The van der Waals surface area contributed by atoms with E-state index in [-0.39, 0.29) is 12.0 Å². The largest absolute Gasteiger partial charge is 0.480 e. The molecule has 0 spiro atoms. The molecule has 6 heteroatoms. The summed E-state index contributed by atoms with van der Waals surface area (Å²) in [7, 11) is 0. The molecule has 5 nitrogen and oxygen atoms in total. The summed E-state index contributed by atoms with van der Waals surface area (Å²) in [4.78, 5) is 11.9. The first-order valence-corrected chi connectivity index (χ1v) is 7.36. The highest BCUT2D eigenvalue weighted by Gasteiger charge is 2.52. The van der Waals surface area contributed by atoms with Crippen molar-refractivity contribution in [3.05, 3.63) is 16.4 Å². The zero-order chi connectivity index (χ0) is 15.1. The Kier molecular flexibility index (Phi) is 4.12. The quantitative estimate of drug-likeness (QED) is 0.846. The molecule has 1 aliphatic rings. The maximum absolute atomic E-state index is 11.9. The summed E-state index contributed by atoms with van der Waals surface area (Å²) in [6.07, 6.45) is 1.89. The van der Waals surface area contributed by atoms with E-state index < -0.39 is 11.5 Å². The van der Waals surface area contributed by atoms with E-state index in [1.807, 2.05) is 27.7 Å². The van der Waals surface area contributed by atoms with Crippen LogP contribution in [0.2, 0.25) is 5.02 Å². The summed E-state index contributed by atoms with van der Waals surface area (Å²) >= 11 is 6.16. The van der Waals surface area contributed by atoms with Crippen molar-refractivity contribution in [3.63, 3.8) is 0 Å². The second kappa shape index (κ2) is 5.37. The van der Waals surface area contributed by atoms with Gasteiger partial charge in [0.2, 0.25) is 0 Å². The fourth-order valence-corrected chi connectivity index (χ4v) is 2.89. The van der Waals surface area contributed by atoms with Crippen molar-refractivity contribution in [1.29, 1.82) is 0 Å². The predicted octanol–water partition coefficient (Wildman–Crippen LogP) is 2.38. The summed E-state index contributed by atoms with van der Waals surface area (Å²) in [5.41, 5.74) is 0.602. The minimum absolute atomic E-state index is 0.0964. The maximum Gasteiger partial charge on any atom is 0.326 e. The summed E-state index contributed by atoms with van der Waals surface area (Å²) in [6, 6.07) is 0.0964. The molecule has 112 valence electrons. The minimum atomic E-state index is -0.958. The van der Waals surface area contributed by atoms with Gasteiger partial charge in [-0.1, -0.05) is 11.6 Å². The summed E-state index contributed by atoms with van der Waals surface area (Å²) in [5.74, 6) is -0.651. The molecule has 1 aromatic rings. The maximum atomic E-state index is 11.9. The molecule has 0 bridgehead atoms. The molecule has 1 heterocycles. The van der Waals surface area contributed by atoms with E-state index in [0.717, 1.165) is 24.2 Å². The first-order chi connectivity index (χ1) is 9.28. The first kappa shape index (κ1) is 15.3. The van der Waals surface area contributed by atoms with Crippen LogP contribution in [0.1, 0.15) is 38.1 Å². The molecule has 0 aromatic carbocycles. The Hall–Kier alpha value is -1.07. The number of aryl methyl sites for hydroxylation is 1. The van der Waals surface area contributed by atoms with Crippen LogP contribution in [-0.4, -0.2) is 32.4 Å². The molecule has 0 saturated heterocycles. The highest BCUT2D eigenvalue weighted by Crippen LogP contribution is 2.41. The third kappa shape index (κ3) is 2.69. The Morgan fingerprint density at radius 1 is 1.55 bits per heavy atom. The number of hydrogen-bond donors (Lipinski definition) is 2. The van der Waals surface area contributed by atoms with Crippen LogP contribution < -0.4 is 5.32 Å². The van der Waals surface area contributed by atoms with Crippen LogP contribution in [-0.2, 0) is 11.3 Å². The molecule has 1 saturated carbocycles. The molecule has 20 heavy (non-hydrogen) atoms. The topological polar surface area (TPSA) is 67.2 Å². The van der Waals surface area contributed by atoms with E-state index in [2.05, 4.69) is 10.4 Å². The van der Waals surface area contributed by atoms with Crippen LogP contribution in [0.25, 0.3) is 0 Å². The number of carboxylic acids is 1. The Morgan fingerprint density at radius 2 is 2.15 bits per heavy atom. The molecule has 0 amide bonds. The molecule has 2 rings (SSSR count). The van der Waals surface area contributed by atoms with Gasteiger partial charge < -0.3 is 5.11 Å². The molecule has 1 aromatic heterocycles. The smallest absolute Gasteiger partial charge is 0.326 e. The Morgan fingerprint density at radius 3 is 2.50 bits per heavy atom. The van der Waals surface area contributed by atoms with Gasteiger partial charge >= 0.3 is 5.97 Å². The lowest BCUT2D eigenvalue weighted by atomic mass is 9.92. The SMILES string of the molecule is Cc1nn(CC(NC(C)C)(C(=O)O)C2CC2)c(C)c1Cl. The summed E-state index contributed by atoms with van der Waals surface area (Å²) < 4.78 is 1.72. The Labute approximate surface area is 124 Å². The number of rotatable bonds is 6. The number of carboxylic acid groups (broad SMARTS) is 1. The number of carbonyl (C=O) groups is 1. The van der Waals surface area contributed by atoms with Crippen LogP contribution in [0.5, 0.6) is 0 Å². The first-order valence-electron chi connectivity index (χ1n) is 6.98. The number of halogens is 1. The molecule has 0 aliphatic heterocycles. The fourth-order valence-electron chi connectivity index (χ4n) is 2.75. The number of aromatic nitrogens is 2. The van der Waals surface area contributed by atoms with E-state index in [0.29, 0.717) is 11.6 Å². The van der Waals surface area contributed by atoms with E-state index in [1.54, 1.807) is 4.68 Å². The van der Waals surface area contributed by atoms with Gasteiger partial charge in [0, 0.05) is 6.04 Å².